The average molecular weight is 313 g/mol. The maximum absolute atomic E-state index is 12.6. The quantitative estimate of drug-likeness (QED) is 0.593. The Bertz CT molecular complexity index is 419. The van der Waals surface area contributed by atoms with Crippen LogP contribution in [0.4, 0.5) is 22.0 Å². The van der Waals surface area contributed by atoms with Gasteiger partial charge >= 0.3 is 11.4 Å². The maximum Gasteiger partial charge on any atom is 0.464 e. The zero-order chi connectivity index (χ0) is 15.2. The van der Waals surface area contributed by atoms with Crippen molar-refractivity contribution >= 4 is 11.8 Å². The van der Waals surface area contributed by atoms with Crippen LogP contribution in [0.15, 0.2) is 24.3 Å². The number of alkyl halides is 5. The summed E-state index contributed by atoms with van der Waals surface area (Å²) in [6, 6.07) is 7.70. The van der Waals surface area contributed by atoms with E-state index in [0.29, 0.717) is 13.1 Å². The topological polar surface area (TPSA) is 12.0 Å². The molecule has 0 saturated heterocycles. The van der Waals surface area contributed by atoms with Crippen molar-refractivity contribution in [3.8, 4) is 0 Å². The van der Waals surface area contributed by atoms with Crippen LogP contribution in [0.5, 0.6) is 0 Å². The fourth-order valence-corrected chi connectivity index (χ4v) is 2.22. The van der Waals surface area contributed by atoms with Crippen LogP contribution in [0.3, 0.4) is 0 Å². The van der Waals surface area contributed by atoms with Crippen LogP contribution in [0.1, 0.15) is 17.5 Å². The third kappa shape index (κ3) is 5.28. The standard InChI is InChI=1S/C13H16F5NS/c1-10-5-2-3-6-11(10)9-19-7-4-8-20-13(17,18)12(14,15)16/h2-3,5-6,19H,4,7-9H2,1H3. The van der Waals surface area contributed by atoms with Gasteiger partial charge in [0.05, 0.1) is 0 Å². The second kappa shape index (κ2) is 7.26. The predicted molar refractivity (Wildman–Crippen MR) is 71.0 cm³/mol. The summed E-state index contributed by atoms with van der Waals surface area (Å²) >= 11 is -0.363. The van der Waals surface area contributed by atoms with E-state index >= 15 is 0 Å². The Morgan fingerprint density at radius 2 is 1.75 bits per heavy atom. The molecule has 0 heterocycles. The van der Waals surface area contributed by atoms with Gasteiger partial charge in [-0.15, -0.1) is 0 Å². The molecule has 20 heavy (non-hydrogen) atoms. The van der Waals surface area contributed by atoms with E-state index in [0.717, 1.165) is 11.1 Å². The van der Waals surface area contributed by atoms with Gasteiger partial charge < -0.3 is 5.32 Å². The summed E-state index contributed by atoms with van der Waals surface area (Å²) in [4.78, 5) is 0. The number of halogens is 5. The molecule has 1 aromatic carbocycles. The first-order valence-electron chi connectivity index (χ1n) is 6.08. The Labute approximate surface area is 118 Å². The number of thioether (sulfide) groups is 1. The van der Waals surface area contributed by atoms with Gasteiger partial charge in [0.15, 0.2) is 0 Å². The molecule has 0 spiro atoms. The number of rotatable bonds is 7. The fraction of sp³-hybridized carbons (Fsp3) is 0.538. The first kappa shape index (κ1) is 17.2. The van der Waals surface area contributed by atoms with Crippen LogP contribution in [0.2, 0.25) is 0 Å². The molecule has 1 aromatic rings. The van der Waals surface area contributed by atoms with Crippen LogP contribution in [0.25, 0.3) is 0 Å². The molecule has 0 aromatic heterocycles. The molecule has 0 bridgehead atoms. The van der Waals surface area contributed by atoms with Gasteiger partial charge in [-0.3, -0.25) is 0 Å². The lowest BCUT2D eigenvalue weighted by Gasteiger charge is -2.18. The maximum atomic E-state index is 12.6. The summed E-state index contributed by atoms with van der Waals surface area (Å²) in [6.07, 6.45) is -5.23. The zero-order valence-corrected chi connectivity index (χ0v) is 11.8. The second-order valence-corrected chi connectivity index (χ2v) is 5.53. The summed E-state index contributed by atoms with van der Waals surface area (Å²) in [5.41, 5.74) is 2.19. The Hall–Kier alpha value is -0.820. The number of hydrogen-bond acceptors (Lipinski definition) is 2. The molecule has 0 aliphatic heterocycles. The van der Waals surface area contributed by atoms with Gasteiger partial charge in [-0.25, -0.2) is 0 Å². The fourth-order valence-electron chi connectivity index (χ4n) is 1.51. The Morgan fingerprint density at radius 3 is 2.35 bits per heavy atom. The Balaban J connectivity index is 2.19. The highest BCUT2D eigenvalue weighted by atomic mass is 32.2. The highest BCUT2D eigenvalue weighted by Gasteiger charge is 2.57. The van der Waals surface area contributed by atoms with Crippen molar-refractivity contribution in [3.05, 3.63) is 35.4 Å². The summed E-state index contributed by atoms with van der Waals surface area (Å²) in [7, 11) is 0. The van der Waals surface area contributed by atoms with Crippen molar-refractivity contribution in [2.45, 2.75) is 31.3 Å². The van der Waals surface area contributed by atoms with Crippen molar-refractivity contribution < 1.29 is 22.0 Å². The molecule has 0 aliphatic carbocycles. The first-order chi connectivity index (χ1) is 9.24. The summed E-state index contributed by atoms with van der Waals surface area (Å²) in [6.45, 7) is 2.93. The highest BCUT2D eigenvalue weighted by Crippen LogP contribution is 2.44. The van der Waals surface area contributed by atoms with E-state index in [4.69, 9.17) is 0 Å². The molecule has 0 unspecified atom stereocenters. The van der Waals surface area contributed by atoms with Crippen molar-refractivity contribution in [2.24, 2.45) is 0 Å². The van der Waals surface area contributed by atoms with Gasteiger partial charge in [0.1, 0.15) is 0 Å². The predicted octanol–water partition coefficient (Wildman–Crippen LogP) is 4.36. The molecule has 0 amide bonds. The van der Waals surface area contributed by atoms with Gasteiger partial charge in [-0.1, -0.05) is 36.0 Å². The summed E-state index contributed by atoms with van der Waals surface area (Å²) in [5, 5.41) is -1.64. The van der Waals surface area contributed by atoms with Crippen molar-refractivity contribution in [2.75, 3.05) is 12.3 Å². The van der Waals surface area contributed by atoms with Gasteiger partial charge in [-0.2, -0.15) is 22.0 Å². The van der Waals surface area contributed by atoms with E-state index in [1.54, 1.807) is 0 Å². The Kier molecular flexibility index (Phi) is 6.26. The molecule has 0 atom stereocenters. The van der Waals surface area contributed by atoms with Crippen LogP contribution in [-0.4, -0.2) is 23.7 Å². The monoisotopic (exact) mass is 313 g/mol. The van der Waals surface area contributed by atoms with Crippen LogP contribution in [0, 0.1) is 6.92 Å². The Morgan fingerprint density at radius 1 is 1.10 bits per heavy atom. The van der Waals surface area contributed by atoms with Gasteiger partial charge in [0.2, 0.25) is 0 Å². The number of benzene rings is 1. The van der Waals surface area contributed by atoms with Crippen molar-refractivity contribution in [1.29, 1.82) is 0 Å². The van der Waals surface area contributed by atoms with Crippen molar-refractivity contribution in [3.63, 3.8) is 0 Å². The molecular weight excluding hydrogens is 297 g/mol. The molecule has 0 fully saturated rings. The molecule has 0 aliphatic rings. The smallest absolute Gasteiger partial charge is 0.313 e. The zero-order valence-electron chi connectivity index (χ0n) is 10.9. The molecule has 114 valence electrons. The second-order valence-electron chi connectivity index (χ2n) is 4.32. The molecule has 1 nitrogen and oxygen atoms in total. The minimum absolute atomic E-state index is 0.243. The SMILES string of the molecule is Cc1ccccc1CNCCCSC(F)(F)C(F)(F)F. The summed E-state index contributed by atoms with van der Waals surface area (Å²) in [5.74, 6) is -0.243. The minimum atomic E-state index is -5.48. The van der Waals surface area contributed by atoms with Crippen LogP contribution in [-0.2, 0) is 6.54 Å². The van der Waals surface area contributed by atoms with Crippen molar-refractivity contribution in [1.82, 2.24) is 5.32 Å². The lowest BCUT2D eigenvalue weighted by atomic mass is 10.1. The highest BCUT2D eigenvalue weighted by molar-refractivity contribution is 8.00. The lowest BCUT2D eigenvalue weighted by molar-refractivity contribution is -0.237. The summed E-state index contributed by atoms with van der Waals surface area (Å²) < 4.78 is 60.8. The van der Waals surface area contributed by atoms with Crippen LogP contribution >= 0.6 is 11.8 Å². The molecule has 7 heteroatoms. The van der Waals surface area contributed by atoms with E-state index in [-0.39, 0.29) is 23.9 Å². The van der Waals surface area contributed by atoms with Gasteiger partial charge in [0, 0.05) is 12.3 Å². The van der Waals surface area contributed by atoms with E-state index < -0.39 is 11.4 Å². The normalized spacial score (nSPS) is 12.7. The third-order valence-corrected chi connectivity index (χ3v) is 3.77. The number of aryl methyl sites for hydroxylation is 1. The number of nitrogens with one attached hydrogen (secondary N) is 1. The van der Waals surface area contributed by atoms with E-state index in [9.17, 15) is 22.0 Å². The number of hydrogen-bond donors (Lipinski definition) is 1. The average Bonchev–Trinajstić information content (AvgIpc) is 2.34. The van der Waals surface area contributed by atoms with Gasteiger partial charge in [-0.05, 0) is 31.0 Å². The van der Waals surface area contributed by atoms with E-state index in [2.05, 4.69) is 5.32 Å². The van der Waals surface area contributed by atoms with Crippen LogP contribution < -0.4 is 5.32 Å². The molecular formula is C13H16F5NS. The first-order valence-corrected chi connectivity index (χ1v) is 7.06. The molecule has 0 radical (unpaired) electrons. The lowest BCUT2D eigenvalue weighted by Crippen LogP contribution is -2.33. The largest absolute Gasteiger partial charge is 0.464 e. The minimum Gasteiger partial charge on any atom is -0.313 e. The van der Waals surface area contributed by atoms with E-state index in [1.165, 1.54) is 0 Å². The third-order valence-electron chi connectivity index (χ3n) is 2.69. The molecule has 1 rings (SSSR count). The van der Waals surface area contributed by atoms with E-state index in [1.807, 2.05) is 31.2 Å². The van der Waals surface area contributed by atoms with Gasteiger partial charge in [0.25, 0.3) is 0 Å². The molecule has 1 N–H and O–H groups in total. The molecule has 0 saturated carbocycles.